The molecule has 2 heteroatoms. The average molecular weight is 239 g/mol. The normalized spacial score (nSPS) is 14.1. The van der Waals surface area contributed by atoms with Crippen LogP contribution in [0.3, 0.4) is 0 Å². The van der Waals surface area contributed by atoms with Crippen LogP contribution in [0.15, 0.2) is 12.7 Å². The zero-order valence-electron chi connectivity index (χ0n) is 11.8. The van der Waals surface area contributed by atoms with Gasteiger partial charge in [-0.3, -0.25) is 4.79 Å². The fourth-order valence-corrected chi connectivity index (χ4v) is 2.11. The highest BCUT2D eigenvalue weighted by atomic mass is 16.1. The first-order chi connectivity index (χ1) is 8.08. The Hall–Kier alpha value is -0.790. The largest absolute Gasteiger partial charge is 0.347 e. The van der Waals surface area contributed by atoms with E-state index in [4.69, 9.17) is 0 Å². The van der Waals surface area contributed by atoms with Gasteiger partial charge in [0.2, 0.25) is 5.91 Å². The summed E-state index contributed by atoms with van der Waals surface area (Å²) in [5.41, 5.74) is -0.0466. The lowest BCUT2D eigenvalue weighted by Gasteiger charge is -2.30. The quantitative estimate of drug-likeness (QED) is 0.449. The number of carbonyl (C=O) groups excluding carboxylic acids is 1. The number of unbranched alkanes of at least 4 members (excludes halogenated alkanes) is 4. The van der Waals surface area contributed by atoms with Gasteiger partial charge in [-0.15, -0.1) is 0 Å². The predicted octanol–water partition coefficient (Wildman–Crippen LogP) is 4.21. The first kappa shape index (κ1) is 16.2. The van der Waals surface area contributed by atoms with E-state index >= 15 is 0 Å². The van der Waals surface area contributed by atoms with Crippen LogP contribution in [-0.2, 0) is 4.79 Å². The molecule has 0 aliphatic heterocycles. The molecule has 2 nitrogen and oxygen atoms in total. The Morgan fingerprint density at radius 2 is 1.71 bits per heavy atom. The molecule has 100 valence electrons. The molecule has 0 aliphatic rings. The lowest BCUT2D eigenvalue weighted by molar-refractivity contribution is -0.118. The summed E-state index contributed by atoms with van der Waals surface area (Å²) >= 11 is 0. The van der Waals surface area contributed by atoms with E-state index in [2.05, 4.69) is 32.7 Å². The van der Waals surface area contributed by atoms with Gasteiger partial charge in [-0.1, -0.05) is 59.0 Å². The third-order valence-corrected chi connectivity index (χ3v) is 3.27. The van der Waals surface area contributed by atoms with Crippen LogP contribution >= 0.6 is 0 Å². The second kappa shape index (κ2) is 9.26. The molecule has 0 radical (unpaired) electrons. The number of rotatable bonds is 10. The Bertz CT molecular complexity index is 225. The number of hydrogen-bond donors (Lipinski definition) is 1. The molecule has 0 aliphatic carbocycles. The molecule has 0 saturated heterocycles. The van der Waals surface area contributed by atoms with E-state index in [0.717, 1.165) is 12.8 Å². The number of carbonyl (C=O) groups is 1. The van der Waals surface area contributed by atoms with Gasteiger partial charge in [0.25, 0.3) is 0 Å². The summed E-state index contributed by atoms with van der Waals surface area (Å²) in [5, 5.41) is 3.10. The molecule has 0 aromatic rings. The van der Waals surface area contributed by atoms with E-state index in [-0.39, 0.29) is 11.4 Å². The van der Waals surface area contributed by atoms with Gasteiger partial charge < -0.3 is 5.32 Å². The molecule has 0 heterocycles. The van der Waals surface area contributed by atoms with Crippen LogP contribution in [-0.4, -0.2) is 11.4 Å². The minimum absolute atomic E-state index is 0.0425. The maximum absolute atomic E-state index is 11.5. The van der Waals surface area contributed by atoms with Gasteiger partial charge in [0.05, 0.1) is 0 Å². The SMILES string of the molecule is C=CC(=O)NC(C)(CCCC)CCCCCC. The van der Waals surface area contributed by atoms with E-state index in [1.54, 1.807) is 0 Å². The topological polar surface area (TPSA) is 29.1 Å². The van der Waals surface area contributed by atoms with Gasteiger partial charge in [0.15, 0.2) is 0 Å². The number of nitrogens with one attached hydrogen (secondary N) is 1. The Kier molecular flexibility index (Phi) is 8.83. The Morgan fingerprint density at radius 3 is 2.24 bits per heavy atom. The molecule has 0 bridgehead atoms. The van der Waals surface area contributed by atoms with Gasteiger partial charge >= 0.3 is 0 Å². The van der Waals surface area contributed by atoms with Crippen LogP contribution < -0.4 is 5.32 Å². The van der Waals surface area contributed by atoms with Gasteiger partial charge in [-0.05, 0) is 25.8 Å². The molecule has 1 atom stereocenters. The molecule has 1 amide bonds. The highest BCUT2D eigenvalue weighted by molar-refractivity contribution is 5.87. The van der Waals surface area contributed by atoms with Gasteiger partial charge in [-0.25, -0.2) is 0 Å². The van der Waals surface area contributed by atoms with Crippen LogP contribution in [0.4, 0.5) is 0 Å². The summed E-state index contributed by atoms with van der Waals surface area (Å²) in [5.74, 6) is -0.0425. The van der Waals surface area contributed by atoms with Crippen LogP contribution in [0.25, 0.3) is 0 Å². The monoisotopic (exact) mass is 239 g/mol. The lowest BCUT2D eigenvalue weighted by atomic mass is 9.88. The van der Waals surface area contributed by atoms with Crippen molar-refractivity contribution in [1.82, 2.24) is 5.32 Å². The highest BCUT2D eigenvalue weighted by Gasteiger charge is 2.24. The smallest absolute Gasteiger partial charge is 0.243 e. The van der Waals surface area contributed by atoms with E-state index in [0.29, 0.717) is 0 Å². The summed E-state index contributed by atoms with van der Waals surface area (Å²) in [6.45, 7) is 10.1. The summed E-state index contributed by atoms with van der Waals surface area (Å²) in [6.07, 6.45) is 10.9. The van der Waals surface area contributed by atoms with Crippen molar-refractivity contribution in [2.75, 3.05) is 0 Å². The minimum atomic E-state index is -0.0466. The third-order valence-electron chi connectivity index (χ3n) is 3.27. The highest BCUT2D eigenvalue weighted by Crippen LogP contribution is 2.21. The van der Waals surface area contributed by atoms with Crippen molar-refractivity contribution in [3.8, 4) is 0 Å². The second-order valence-electron chi connectivity index (χ2n) is 5.17. The summed E-state index contributed by atoms with van der Waals surface area (Å²) in [4.78, 5) is 11.5. The van der Waals surface area contributed by atoms with Crippen LogP contribution in [0, 0.1) is 0 Å². The standard InChI is InChI=1S/C15H29NO/c1-5-8-10-11-13-15(4,12-9-6-2)16-14(17)7-3/h7H,3,5-6,8-13H2,1-2,4H3,(H,16,17). The van der Waals surface area contributed by atoms with Crippen LogP contribution in [0.5, 0.6) is 0 Å². The van der Waals surface area contributed by atoms with E-state index in [9.17, 15) is 4.79 Å². The molecule has 0 fully saturated rings. The van der Waals surface area contributed by atoms with Crippen LogP contribution in [0.1, 0.15) is 72.1 Å². The van der Waals surface area contributed by atoms with E-state index < -0.39 is 0 Å². The fraction of sp³-hybridized carbons (Fsp3) is 0.800. The lowest BCUT2D eigenvalue weighted by Crippen LogP contribution is -2.45. The zero-order chi connectivity index (χ0) is 13.1. The summed E-state index contributed by atoms with van der Waals surface area (Å²) in [6, 6.07) is 0. The van der Waals surface area contributed by atoms with Crippen molar-refractivity contribution < 1.29 is 4.79 Å². The van der Waals surface area contributed by atoms with Crippen molar-refractivity contribution in [2.24, 2.45) is 0 Å². The molecule has 0 aromatic heterocycles. The molecule has 1 unspecified atom stereocenters. The molecular weight excluding hydrogens is 210 g/mol. The molecule has 0 aromatic carbocycles. The van der Waals surface area contributed by atoms with Crippen molar-refractivity contribution in [3.05, 3.63) is 12.7 Å². The number of amides is 1. The molecule has 1 N–H and O–H groups in total. The Balaban J connectivity index is 4.17. The third kappa shape index (κ3) is 8.00. The summed E-state index contributed by atoms with van der Waals surface area (Å²) < 4.78 is 0. The van der Waals surface area contributed by atoms with Gasteiger partial charge in [0, 0.05) is 5.54 Å². The average Bonchev–Trinajstić information content (AvgIpc) is 2.32. The fourth-order valence-electron chi connectivity index (χ4n) is 2.11. The predicted molar refractivity (Wildman–Crippen MR) is 75.0 cm³/mol. The van der Waals surface area contributed by atoms with Crippen molar-refractivity contribution >= 4 is 5.91 Å². The molecule has 17 heavy (non-hydrogen) atoms. The van der Waals surface area contributed by atoms with Crippen molar-refractivity contribution in [1.29, 1.82) is 0 Å². The molecule has 0 spiro atoms. The maximum atomic E-state index is 11.5. The van der Waals surface area contributed by atoms with Crippen molar-refractivity contribution in [3.63, 3.8) is 0 Å². The minimum Gasteiger partial charge on any atom is -0.347 e. The summed E-state index contributed by atoms with van der Waals surface area (Å²) in [7, 11) is 0. The van der Waals surface area contributed by atoms with Crippen molar-refractivity contribution in [2.45, 2.75) is 77.7 Å². The zero-order valence-corrected chi connectivity index (χ0v) is 11.8. The number of hydrogen-bond acceptors (Lipinski definition) is 1. The van der Waals surface area contributed by atoms with Crippen LogP contribution in [0.2, 0.25) is 0 Å². The molecule has 0 saturated carbocycles. The van der Waals surface area contributed by atoms with E-state index in [1.165, 1.54) is 44.6 Å². The van der Waals surface area contributed by atoms with Gasteiger partial charge in [0.1, 0.15) is 0 Å². The first-order valence-corrected chi connectivity index (χ1v) is 7.02. The maximum Gasteiger partial charge on any atom is 0.243 e. The second-order valence-corrected chi connectivity index (χ2v) is 5.17. The van der Waals surface area contributed by atoms with E-state index in [1.807, 2.05) is 0 Å². The van der Waals surface area contributed by atoms with Gasteiger partial charge in [-0.2, -0.15) is 0 Å². The Labute approximate surface area is 107 Å². The Morgan fingerprint density at radius 1 is 1.12 bits per heavy atom. The first-order valence-electron chi connectivity index (χ1n) is 7.02. The molecule has 0 rings (SSSR count). The molecular formula is C15H29NO.